The number of aromatic nitrogens is 2. The lowest BCUT2D eigenvalue weighted by molar-refractivity contribution is 0.137. The number of carbonyl (C=O) groups is 1. The number of rotatable bonds is 0. The molecule has 0 fully saturated rings. The van der Waals surface area contributed by atoms with E-state index in [1.807, 2.05) is 6.92 Å². The lowest BCUT2D eigenvalue weighted by Crippen LogP contribution is -1.81. The van der Waals surface area contributed by atoms with Gasteiger partial charge in [-0.3, -0.25) is 0 Å². The average Bonchev–Trinajstić information content (AvgIpc) is 2.15. The molecule has 5 heteroatoms. The second kappa shape index (κ2) is 4.37. The first-order chi connectivity index (χ1) is 4.63. The minimum absolute atomic E-state index is 0.968. The average molecular weight is 144 g/mol. The fourth-order valence-electron chi connectivity index (χ4n) is 0.344. The molecular weight excluding hydrogens is 136 g/mol. The number of carboxylic acid groups (broad SMARTS) is 2. The Balaban J connectivity index is 0.000000180. The Morgan fingerprint density at radius 3 is 2.30 bits per heavy atom. The van der Waals surface area contributed by atoms with E-state index in [9.17, 15) is 0 Å². The van der Waals surface area contributed by atoms with Crippen LogP contribution in [0.5, 0.6) is 0 Å². The molecule has 0 aromatic carbocycles. The monoisotopic (exact) mass is 144 g/mol. The topological polar surface area (TPSA) is 86.2 Å². The summed E-state index contributed by atoms with van der Waals surface area (Å²) in [6.07, 6.45) is 1.70. The van der Waals surface area contributed by atoms with Gasteiger partial charge in [-0.2, -0.15) is 0 Å². The van der Waals surface area contributed by atoms with Gasteiger partial charge >= 0.3 is 6.16 Å². The van der Waals surface area contributed by atoms with Gasteiger partial charge in [0.05, 0.1) is 0 Å². The molecular formula is C5H8N2O3. The maximum absolute atomic E-state index is 8.56. The fourth-order valence-corrected chi connectivity index (χ4v) is 0.344. The smallest absolute Gasteiger partial charge is 0.450 e. The van der Waals surface area contributed by atoms with Crippen molar-refractivity contribution in [2.75, 3.05) is 0 Å². The minimum Gasteiger partial charge on any atom is -0.450 e. The first-order valence-corrected chi connectivity index (χ1v) is 2.51. The summed E-state index contributed by atoms with van der Waals surface area (Å²) in [6, 6.07) is 0. The van der Waals surface area contributed by atoms with Crippen LogP contribution in [0.15, 0.2) is 12.4 Å². The van der Waals surface area contributed by atoms with E-state index in [2.05, 4.69) is 9.97 Å². The minimum atomic E-state index is -1.83. The van der Waals surface area contributed by atoms with Gasteiger partial charge < -0.3 is 15.2 Å². The summed E-state index contributed by atoms with van der Waals surface area (Å²) in [5.41, 5.74) is 0. The number of nitrogens with one attached hydrogen (secondary N) is 1. The molecule has 1 aromatic rings. The van der Waals surface area contributed by atoms with E-state index in [0.717, 1.165) is 5.82 Å². The normalized spacial score (nSPS) is 7.70. The lowest BCUT2D eigenvalue weighted by Gasteiger charge is -1.68. The van der Waals surface area contributed by atoms with Crippen molar-refractivity contribution in [3.8, 4) is 0 Å². The van der Waals surface area contributed by atoms with Crippen molar-refractivity contribution in [2.24, 2.45) is 0 Å². The highest BCUT2D eigenvalue weighted by molar-refractivity contribution is 5.53. The molecule has 0 unspecified atom stereocenters. The van der Waals surface area contributed by atoms with Crippen molar-refractivity contribution in [2.45, 2.75) is 6.92 Å². The molecule has 1 heterocycles. The summed E-state index contributed by atoms with van der Waals surface area (Å²) in [7, 11) is 0. The first kappa shape index (κ1) is 8.48. The Bertz CT molecular complexity index is 179. The highest BCUT2D eigenvalue weighted by Gasteiger charge is 1.73. The van der Waals surface area contributed by atoms with Gasteiger partial charge in [-0.05, 0) is 6.92 Å². The van der Waals surface area contributed by atoms with E-state index < -0.39 is 6.16 Å². The number of hydrogen-bond acceptors (Lipinski definition) is 2. The van der Waals surface area contributed by atoms with Gasteiger partial charge in [-0.1, -0.05) is 0 Å². The van der Waals surface area contributed by atoms with Crippen molar-refractivity contribution in [3.05, 3.63) is 18.2 Å². The Morgan fingerprint density at radius 2 is 2.20 bits per heavy atom. The molecule has 0 aliphatic rings. The van der Waals surface area contributed by atoms with E-state index in [1.165, 1.54) is 0 Å². The Morgan fingerprint density at radius 1 is 1.70 bits per heavy atom. The Kier molecular flexibility index (Phi) is 3.70. The number of imidazole rings is 1. The van der Waals surface area contributed by atoms with E-state index in [0.29, 0.717) is 0 Å². The van der Waals surface area contributed by atoms with Crippen molar-refractivity contribution in [1.82, 2.24) is 9.97 Å². The molecule has 0 saturated carbocycles. The highest BCUT2D eigenvalue weighted by Crippen LogP contribution is 1.78. The third kappa shape index (κ3) is 6.48. The zero-order chi connectivity index (χ0) is 7.98. The Labute approximate surface area is 57.3 Å². The molecule has 1 aromatic heterocycles. The summed E-state index contributed by atoms with van der Waals surface area (Å²) in [5, 5.41) is 13.9. The molecule has 0 spiro atoms. The molecule has 3 N–H and O–H groups in total. The van der Waals surface area contributed by atoms with Gasteiger partial charge in [0.2, 0.25) is 0 Å². The van der Waals surface area contributed by atoms with Crippen molar-refractivity contribution < 1.29 is 15.0 Å². The first-order valence-electron chi connectivity index (χ1n) is 2.51. The van der Waals surface area contributed by atoms with Crippen molar-refractivity contribution in [3.63, 3.8) is 0 Å². The highest BCUT2D eigenvalue weighted by atomic mass is 16.6. The van der Waals surface area contributed by atoms with E-state index in [1.54, 1.807) is 12.4 Å². The molecule has 0 atom stereocenters. The van der Waals surface area contributed by atoms with Gasteiger partial charge in [0.1, 0.15) is 5.82 Å². The standard InChI is InChI=1S/C4H6N2.CH2O3/c1-4-5-2-3-6-4;2-1(3)4/h2-3H,1H3,(H,5,6);(H2,2,3,4). The van der Waals surface area contributed by atoms with E-state index in [4.69, 9.17) is 15.0 Å². The summed E-state index contributed by atoms with van der Waals surface area (Å²) >= 11 is 0. The summed E-state index contributed by atoms with van der Waals surface area (Å²) in [6.45, 7) is 1.92. The molecule has 0 saturated heterocycles. The maximum atomic E-state index is 8.56. The van der Waals surface area contributed by atoms with Gasteiger partial charge in [-0.25, -0.2) is 9.78 Å². The van der Waals surface area contributed by atoms with E-state index in [-0.39, 0.29) is 0 Å². The Hall–Kier alpha value is -1.52. The number of aromatic amines is 1. The van der Waals surface area contributed by atoms with Crippen LogP contribution in [0, 0.1) is 6.92 Å². The quantitative estimate of drug-likeness (QED) is 0.505. The molecule has 0 aliphatic heterocycles. The fraction of sp³-hybridized carbons (Fsp3) is 0.200. The van der Waals surface area contributed by atoms with Crippen LogP contribution >= 0.6 is 0 Å². The van der Waals surface area contributed by atoms with Crippen LogP contribution in [-0.4, -0.2) is 26.3 Å². The molecule has 0 aliphatic carbocycles. The second-order valence-electron chi connectivity index (χ2n) is 1.46. The molecule has 5 nitrogen and oxygen atoms in total. The van der Waals surface area contributed by atoms with Crippen molar-refractivity contribution in [1.29, 1.82) is 0 Å². The number of H-pyrrole nitrogens is 1. The molecule has 0 bridgehead atoms. The van der Waals surface area contributed by atoms with Gasteiger partial charge in [0, 0.05) is 12.4 Å². The largest absolute Gasteiger partial charge is 0.503 e. The molecule has 0 amide bonds. The van der Waals surface area contributed by atoms with Crippen LogP contribution in [0.4, 0.5) is 4.79 Å². The van der Waals surface area contributed by atoms with Gasteiger partial charge in [-0.15, -0.1) is 0 Å². The van der Waals surface area contributed by atoms with Crippen LogP contribution in [0.3, 0.4) is 0 Å². The number of hydrogen-bond donors (Lipinski definition) is 3. The zero-order valence-electron chi connectivity index (χ0n) is 5.40. The number of nitrogens with zero attached hydrogens (tertiary/aromatic N) is 1. The van der Waals surface area contributed by atoms with Crippen LogP contribution in [0.25, 0.3) is 0 Å². The SMILES string of the molecule is Cc1ncc[nH]1.O=C(O)O. The van der Waals surface area contributed by atoms with Crippen molar-refractivity contribution >= 4 is 6.16 Å². The summed E-state index contributed by atoms with van der Waals surface area (Å²) < 4.78 is 0. The summed E-state index contributed by atoms with van der Waals surface area (Å²) in [5.74, 6) is 0.968. The van der Waals surface area contributed by atoms with Gasteiger partial charge in [0.15, 0.2) is 0 Å². The number of aryl methyl sites for hydroxylation is 1. The third-order valence-electron chi connectivity index (χ3n) is 0.635. The van der Waals surface area contributed by atoms with Crippen LogP contribution in [-0.2, 0) is 0 Å². The predicted octanol–water partition coefficient (Wildman–Crippen LogP) is 0.941. The summed E-state index contributed by atoms with van der Waals surface area (Å²) in [4.78, 5) is 15.3. The maximum Gasteiger partial charge on any atom is 0.503 e. The predicted molar refractivity (Wildman–Crippen MR) is 34.0 cm³/mol. The van der Waals surface area contributed by atoms with Crippen LogP contribution < -0.4 is 0 Å². The van der Waals surface area contributed by atoms with Crippen LogP contribution in [0.2, 0.25) is 0 Å². The van der Waals surface area contributed by atoms with Crippen LogP contribution in [0.1, 0.15) is 5.82 Å². The molecule has 56 valence electrons. The molecule has 10 heavy (non-hydrogen) atoms. The zero-order valence-corrected chi connectivity index (χ0v) is 5.40. The van der Waals surface area contributed by atoms with Gasteiger partial charge in [0.25, 0.3) is 0 Å². The third-order valence-corrected chi connectivity index (χ3v) is 0.635. The second-order valence-corrected chi connectivity index (χ2v) is 1.46. The molecule has 0 radical (unpaired) electrons. The van der Waals surface area contributed by atoms with E-state index >= 15 is 0 Å². The molecule has 1 rings (SSSR count). The lowest BCUT2D eigenvalue weighted by atomic mass is 10.8.